The van der Waals surface area contributed by atoms with Gasteiger partial charge in [-0.05, 0) is 32.6 Å². The number of thiophene rings is 1. The smallest absolute Gasteiger partial charge is 0.264 e. The number of hydrogen-bond acceptors (Lipinski definition) is 5. The lowest BCUT2D eigenvalue weighted by molar-refractivity contribution is -0.146. The zero-order valence-electron chi connectivity index (χ0n) is 16.0. The summed E-state index contributed by atoms with van der Waals surface area (Å²) in [6.07, 6.45) is 4.49. The minimum Gasteiger partial charge on any atom is -0.351 e. The predicted molar refractivity (Wildman–Crippen MR) is 104 cm³/mol. The Bertz CT molecular complexity index is 746. The van der Waals surface area contributed by atoms with Crippen LogP contribution in [0.25, 0.3) is 0 Å². The van der Waals surface area contributed by atoms with Gasteiger partial charge >= 0.3 is 0 Å². The van der Waals surface area contributed by atoms with Gasteiger partial charge in [0, 0.05) is 37.5 Å². The van der Waals surface area contributed by atoms with Crippen LogP contribution in [0, 0.1) is 0 Å². The van der Waals surface area contributed by atoms with Crippen molar-refractivity contribution < 1.29 is 14.4 Å². The number of likely N-dealkylation sites (N-methyl/N-ethyl adjacent to an activating group) is 1. The van der Waals surface area contributed by atoms with E-state index in [0.717, 1.165) is 17.8 Å². The van der Waals surface area contributed by atoms with Gasteiger partial charge in [0.25, 0.3) is 5.91 Å². The highest BCUT2D eigenvalue weighted by Gasteiger charge is 2.47. The molecule has 8 heteroatoms. The van der Waals surface area contributed by atoms with Crippen LogP contribution in [0.15, 0.2) is 24.3 Å². The number of piperazine rings is 1. The Balaban J connectivity index is 1.54. The second kappa shape index (κ2) is 8.22. The summed E-state index contributed by atoms with van der Waals surface area (Å²) >= 11 is 1.41. The van der Waals surface area contributed by atoms with Crippen LogP contribution >= 0.6 is 11.3 Å². The van der Waals surface area contributed by atoms with Crippen molar-refractivity contribution in [3.8, 4) is 0 Å². The highest BCUT2D eigenvalue weighted by molar-refractivity contribution is 7.14. The van der Waals surface area contributed by atoms with Gasteiger partial charge in [-0.25, -0.2) is 0 Å². The molecule has 3 aliphatic heterocycles. The van der Waals surface area contributed by atoms with Crippen LogP contribution in [-0.4, -0.2) is 78.2 Å². The SMILES string of the molecule is CC(=O)NCc1ccc(C(=O)N2CC3CC(C2)N3C(=O)/C=C/CN(C)C)s1. The van der Waals surface area contributed by atoms with Crippen LogP contribution in [0.2, 0.25) is 0 Å². The van der Waals surface area contributed by atoms with Crippen LogP contribution in [0.3, 0.4) is 0 Å². The van der Waals surface area contributed by atoms with E-state index in [4.69, 9.17) is 0 Å². The van der Waals surface area contributed by atoms with Crippen molar-refractivity contribution in [2.45, 2.75) is 32.0 Å². The number of nitrogens with zero attached hydrogens (tertiary/aromatic N) is 3. The van der Waals surface area contributed by atoms with Crippen LogP contribution < -0.4 is 5.32 Å². The van der Waals surface area contributed by atoms with Crippen molar-refractivity contribution in [1.82, 2.24) is 20.0 Å². The van der Waals surface area contributed by atoms with Gasteiger partial charge in [0.2, 0.25) is 11.8 Å². The maximum atomic E-state index is 12.8. The first-order valence-electron chi connectivity index (χ1n) is 9.11. The number of piperidine rings is 1. The van der Waals surface area contributed by atoms with E-state index in [1.807, 2.05) is 47.0 Å². The molecule has 0 aromatic carbocycles. The summed E-state index contributed by atoms with van der Waals surface area (Å²) in [5.74, 6) is -0.0327. The molecule has 4 rings (SSSR count). The van der Waals surface area contributed by atoms with Crippen molar-refractivity contribution in [2.75, 3.05) is 33.7 Å². The summed E-state index contributed by atoms with van der Waals surface area (Å²) in [6, 6.07) is 3.92. The molecule has 1 N–H and O–H groups in total. The molecular formula is C19H26N4O3S. The summed E-state index contributed by atoms with van der Waals surface area (Å²) < 4.78 is 0. The third kappa shape index (κ3) is 4.56. The molecule has 0 aliphatic carbocycles. The van der Waals surface area contributed by atoms with Gasteiger partial charge in [-0.2, -0.15) is 0 Å². The Labute approximate surface area is 163 Å². The molecular weight excluding hydrogens is 364 g/mol. The van der Waals surface area contributed by atoms with Crippen molar-refractivity contribution in [2.24, 2.45) is 0 Å². The van der Waals surface area contributed by atoms with Crippen LogP contribution in [0.4, 0.5) is 0 Å². The molecule has 3 aliphatic rings. The van der Waals surface area contributed by atoms with Gasteiger partial charge in [0.15, 0.2) is 0 Å². The topological polar surface area (TPSA) is 73.0 Å². The second-order valence-electron chi connectivity index (χ2n) is 7.34. The summed E-state index contributed by atoms with van der Waals surface area (Å²) in [5, 5.41) is 2.74. The van der Waals surface area contributed by atoms with E-state index in [9.17, 15) is 14.4 Å². The average Bonchev–Trinajstić information content (AvgIpc) is 3.08. The van der Waals surface area contributed by atoms with Gasteiger partial charge in [0.1, 0.15) is 0 Å². The molecule has 3 amide bonds. The van der Waals surface area contributed by atoms with E-state index < -0.39 is 0 Å². The molecule has 7 nitrogen and oxygen atoms in total. The second-order valence-corrected chi connectivity index (χ2v) is 8.51. The largest absolute Gasteiger partial charge is 0.351 e. The number of fused-ring (bicyclic) bond motifs is 2. The maximum absolute atomic E-state index is 12.8. The normalized spacial score (nSPS) is 21.5. The Morgan fingerprint density at radius 3 is 2.59 bits per heavy atom. The van der Waals surface area contributed by atoms with Crippen molar-refractivity contribution in [1.29, 1.82) is 0 Å². The number of carbonyl (C=O) groups is 3. The van der Waals surface area contributed by atoms with Crippen molar-refractivity contribution >= 4 is 29.1 Å². The predicted octanol–water partition coefficient (Wildman–Crippen LogP) is 0.927. The first-order chi connectivity index (χ1) is 12.8. The molecule has 3 fully saturated rings. The monoisotopic (exact) mass is 390 g/mol. The molecule has 2 atom stereocenters. The Morgan fingerprint density at radius 2 is 1.96 bits per heavy atom. The highest BCUT2D eigenvalue weighted by atomic mass is 32.1. The molecule has 3 saturated heterocycles. The van der Waals surface area contributed by atoms with E-state index >= 15 is 0 Å². The number of hydrogen-bond donors (Lipinski definition) is 1. The fourth-order valence-corrected chi connectivity index (χ4v) is 4.46. The third-order valence-electron chi connectivity index (χ3n) is 4.85. The lowest BCUT2D eigenvalue weighted by Gasteiger charge is -2.55. The van der Waals surface area contributed by atoms with Crippen LogP contribution in [0.1, 0.15) is 27.9 Å². The van der Waals surface area contributed by atoms with Crippen molar-refractivity contribution in [3.05, 3.63) is 34.0 Å². The summed E-state index contributed by atoms with van der Waals surface area (Å²) in [7, 11) is 3.92. The third-order valence-corrected chi connectivity index (χ3v) is 5.92. The Kier molecular flexibility index (Phi) is 5.96. The molecule has 4 heterocycles. The van der Waals surface area contributed by atoms with Gasteiger partial charge in [-0.3, -0.25) is 14.4 Å². The van der Waals surface area contributed by atoms with E-state index in [0.29, 0.717) is 24.5 Å². The first-order valence-corrected chi connectivity index (χ1v) is 9.92. The Morgan fingerprint density at radius 1 is 1.26 bits per heavy atom. The van der Waals surface area contributed by atoms with Gasteiger partial charge < -0.3 is 20.0 Å². The standard InChI is InChI=1S/C19H26N4O3S/c1-13(24)20-10-16-6-7-17(27-16)19(26)22-11-14-9-15(12-22)23(14)18(25)5-4-8-21(2)3/h4-7,14-15H,8-12H2,1-3H3,(H,20,24)/b5-4+. The molecule has 146 valence electrons. The van der Waals surface area contributed by atoms with E-state index in [2.05, 4.69) is 5.32 Å². The van der Waals surface area contributed by atoms with Gasteiger partial charge in [-0.1, -0.05) is 6.08 Å². The van der Waals surface area contributed by atoms with Crippen molar-refractivity contribution in [3.63, 3.8) is 0 Å². The molecule has 0 radical (unpaired) electrons. The molecule has 0 saturated carbocycles. The minimum absolute atomic E-state index is 0.0130. The number of carbonyl (C=O) groups excluding carboxylic acids is 3. The highest BCUT2D eigenvalue weighted by Crippen LogP contribution is 2.33. The fourth-order valence-electron chi connectivity index (χ4n) is 3.54. The van der Waals surface area contributed by atoms with Gasteiger partial charge in [-0.15, -0.1) is 11.3 Å². The maximum Gasteiger partial charge on any atom is 0.264 e. The fraction of sp³-hybridized carbons (Fsp3) is 0.526. The quantitative estimate of drug-likeness (QED) is 0.734. The molecule has 1 aromatic rings. The Hall–Kier alpha value is -2.19. The minimum atomic E-state index is -0.0863. The van der Waals surface area contributed by atoms with Crippen LogP contribution in [0.5, 0.6) is 0 Å². The van der Waals surface area contributed by atoms with E-state index in [1.165, 1.54) is 18.3 Å². The molecule has 0 spiro atoms. The molecule has 2 bridgehead atoms. The molecule has 1 aromatic heterocycles. The molecule has 2 unspecified atom stereocenters. The zero-order valence-corrected chi connectivity index (χ0v) is 16.8. The molecule has 27 heavy (non-hydrogen) atoms. The number of rotatable bonds is 6. The van der Waals surface area contributed by atoms with Gasteiger partial charge in [0.05, 0.1) is 23.5 Å². The summed E-state index contributed by atoms with van der Waals surface area (Å²) in [4.78, 5) is 43.6. The number of amides is 3. The average molecular weight is 391 g/mol. The zero-order chi connectivity index (χ0) is 19.6. The summed E-state index contributed by atoms with van der Waals surface area (Å²) in [5.41, 5.74) is 0. The lowest BCUT2D eigenvalue weighted by Crippen LogP contribution is -2.70. The van der Waals surface area contributed by atoms with E-state index in [-0.39, 0.29) is 29.8 Å². The number of nitrogens with one attached hydrogen (secondary N) is 1. The summed E-state index contributed by atoms with van der Waals surface area (Å²) in [6.45, 7) is 3.82. The van der Waals surface area contributed by atoms with Crippen LogP contribution in [-0.2, 0) is 16.1 Å². The lowest BCUT2D eigenvalue weighted by atomic mass is 9.87. The van der Waals surface area contributed by atoms with E-state index in [1.54, 1.807) is 6.08 Å². The first kappa shape index (κ1) is 19.6.